The number of aliphatic carboxylic acids is 1. The van der Waals surface area contributed by atoms with Crippen molar-refractivity contribution in [2.75, 3.05) is 16.8 Å². The summed E-state index contributed by atoms with van der Waals surface area (Å²) in [5.41, 5.74) is -0.277. The average Bonchev–Trinajstić information content (AvgIpc) is 2.52. The standard InChI is InChI=1S/C16H16F3N5O2/c1-9-2-3-24(9)15-22-12(16(17,18)19)6-13(23-15)21-11-4-10(5-14(25)26)7-20-8-11/h4,6-9H,2-3,5H2,1H3,(H,25,26)(H,21,22,23)/t9-/m0/s1. The molecule has 0 bridgehead atoms. The molecule has 1 fully saturated rings. The number of halogens is 3. The predicted octanol–water partition coefficient (Wildman–Crippen LogP) is 2.86. The summed E-state index contributed by atoms with van der Waals surface area (Å²) in [4.78, 5) is 24.2. The van der Waals surface area contributed by atoms with Gasteiger partial charge in [-0.3, -0.25) is 9.78 Å². The van der Waals surface area contributed by atoms with Gasteiger partial charge in [-0.1, -0.05) is 0 Å². The first-order valence-electron chi connectivity index (χ1n) is 7.88. The van der Waals surface area contributed by atoms with E-state index in [1.165, 1.54) is 18.5 Å². The van der Waals surface area contributed by atoms with Gasteiger partial charge in [0.1, 0.15) is 5.82 Å². The second-order valence-corrected chi connectivity index (χ2v) is 6.04. The van der Waals surface area contributed by atoms with E-state index < -0.39 is 17.8 Å². The van der Waals surface area contributed by atoms with Crippen molar-refractivity contribution in [3.63, 3.8) is 0 Å². The van der Waals surface area contributed by atoms with Crippen molar-refractivity contribution >= 4 is 23.4 Å². The normalized spacial score (nSPS) is 16.9. The van der Waals surface area contributed by atoms with E-state index in [0.717, 1.165) is 12.5 Å². The first kappa shape index (κ1) is 17.9. The molecule has 0 spiro atoms. The SMILES string of the molecule is C[C@H]1CCN1c1nc(Nc2cncc(CC(=O)O)c2)cc(C(F)(F)F)n1. The molecule has 2 N–H and O–H groups in total. The molecule has 0 radical (unpaired) electrons. The summed E-state index contributed by atoms with van der Waals surface area (Å²) < 4.78 is 39.5. The van der Waals surface area contributed by atoms with Crippen LogP contribution >= 0.6 is 0 Å². The first-order chi connectivity index (χ1) is 12.2. The van der Waals surface area contributed by atoms with Crippen LogP contribution in [-0.2, 0) is 17.4 Å². The summed E-state index contributed by atoms with van der Waals surface area (Å²) in [6.45, 7) is 2.48. The number of aromatic nitrogens is 3. The molecule has 1 aliphatic rings. The molecule has 3 rings (SSSR count). The molecule has 0 aromatic carbocycles. The van der Waals surface area contributed by atoms with Gasteiger partial charge in [0.15, 0.2) is 5.69 Å². The van der Waals surface area contributed by atoms with E-state index in [4.69, 9.17) is 5.11 Å². The van der Waals surface area contributed by atoms with Gasteiger partial charge >= 0.3 is 12.1 Å². The van der Waals surface area contributed by atoms with Gasteiger partial charge in [-0.15, -0.1) is 0 Å². The molecular weight excluding hydrogens is 351 g/mol. The lowest BCUT2D eigenvalue weighted by Crippen LogP contribution is -2.46. The number of hydrogen-bond acceptors (Lipinski definition) is 6. The van der Waals surface area contributed by atoms with Gasteiger partial charge in [-0.2, -0.15) is 18.2 Å². The number of carboxylic acid groups (broad SMARTS) is 1. The van der Waals surface area contributed by atoms with Gasteiger partial charge in [0.05, 0.1) is 18.3 Å². The molecule has 1 aliphatic heterocycles. The molecule has 138 valence electrons. The van der Waals surface area contributed by atoms with E-state index in [1.807, 2.05) is 6.92 Å². The lowest BCUT2D eigenvalue weighted by atomic mass is 10.1. The Labute approximate surface area is 146 Å². The van der Waals surface area contributed by atoms with Gasteiger partial charge in [0.2, 0.25) is 5.95 Å². The van der Waals surface area contributed by atoms with Crippen LogP contribution in [0.1, 0.15) is 24.6 Å². The highest BCUT2D eigenvalue weighted by Crippen LogP contribution is 2.33. The predicted molar refractivity (Wildman–Crippen MR) is 87.3 cm³/mol. The summed E-state index contributed by atoms with van der Waals surface area (Å²) in [6, 6.07) is 2.40. The van der Waals surface area contributed by atoms with Crippen molar-refractivity contribution in [1.82, 2.24) is 15.0 Å². The van der Waals surface area contributed by atoms with Crippen molar-refractivity contribution in [2.24, 2.45) is 0 Å². The summed E-state index contributed by atoms with van der Waals surface area (Å²) in [5, 5.41) is 11.6. The zero-order chi connectivity index (χ0) is 18.9. The Kier molecular flexibility index (Phi) is 4.66. The second-order valence-electron chi connectivity index (χ2n) is 6.04. The van der Waals surface area contributed by atoms with Crippen molar-refractivity contribution in [2.45, 2.75) is 32.0 Å². The van der Waals surface area contributed by atoms with Gasteiger partial charge in [0.25, 0.3) is 0 Å². The zero-order valence-electron chi connectivity index (χ0n) is 13.8. The highest BCUT2D eigenvalue weighted by molar-refractivity contribution is 5.71. The lowest BCUT2D eigenvalue weighted by molar-refractivity contribution is -0.141. The van der Waals surface area contributed by atoms with E-state index in [2.05, 4.69) is 20.3 Å². The summed E-state index contributed by atoms with van der Waals surface area (Å²) in [7, 11) is 0. The van der Waals surface area contributed by atoms with Crippen LogP contribution in [0, 0.1) is 0 Å². The molecule has 1 atom stereocenters. The maximum absolute atomic E-state index is 13.2. The lowest BCUT2D eigenvalue weighted by Gasteiger charge is -2.38. The molecule has 0 aliphatic carbocycles. The summed E-state index contributed by atoms with van der Waals surface area (Å²) in [5.74, 6) is -1.05. The van der Waals surface area contributed by atoms with Crippen LogP contribution in [0.25, 0.3) is 0 Å². The number of carboxylic acids is 1. The minimum atomic E-state index is -4.61. The van der Waals surface area contributed by atoms with Gasteiger partial charge in [0, 0.05) is 24.8 Å². The molecular formula is C16H16F3N5O2. The first-order valence-corrected chi connectivity index (χ1v) is 7.88. The molecule has 7 nitrogen and oxygen atoms in total. The van der Waals surface area contributed by atoms with Crippen LogP contribution in [0.4, 0.5) is 30.6 Å². The van der Waals surface area contributed by atoms with E-state index >= 15 is 0 Å². The zero-order valence-corrected chi connectivity index (χ0v) is 13.8. The molecule has 0 saturated carbocycles. The monoisotopic (exact) mass is 367 g/mol. The van der Waals surface area contributed by atoms with E-state index in [1.54, 1.807) is 4.90 Å². The average molecular weight is 367 g/mol. The number of nitrogens with one attached hydrogen (secondary N) is 1. The number of carbonyl (C=O) groups is 1. The Morgan fingerprint density at radius 2 is 2.12 bits per heavy atom. The summed E-state index contributed by atoms with van der Waals surface area (Å²) >= 11 is 0. The number of hydrogen-bond donors (Lipinski definition) is 2. The highest BCUT2D eigenvalue weighted by atomic mass is 19.4. The summed E-state index contributed by atoms with van der Waals surface area (Å²) in [6.07, 6.45) is -1.22. The fourth-order valence-electron chi connectivity index (χ4n) is 2.56. The molecule has 3 heterocycles. The molecule has 10 heteroatoms. The minimum absolute atomic E-state index is 0.00993. The van der Waals surface area contributed by atoms with E-state index in [9.17, 15) is 18.0 Å². The third kappa shape index (κ3) is 4.01. The van der Waals surface area contributed by atoms with Crippen LogP contribution in [0.5, 0.6) is 0 Å². The number of rotatable bonds is 5. The molecule has 0 amide bonds. The fourth-order valence-corrected chi connectivity index (χ4v) is 2.56. The van der Waals surface area contributed by atoms with Crippen LogP contribution in [-0.4, -0.2) is 38.6 Å². The quantitative estimate of drug-likeness (QED) is 0.840. The Hall–Kier alpha value is -2.91. The Morgan fingerprint density at radius 1 is 1.35 bits per heavy atom. The van der Waals surface area contributed by atoms with Crippen molar-refractivity contribution < 1.29 is 23.1 Å². The van der Waals surface area contributed by atoms with Crippen molar-refractivity contribution in [1.29, 1.82) is 0 Å². The van der Waals surface area contributed by atoms with Crippen molar-refractivity contribution in [3.05, 3.63) is 35.8 Å². The Balaban J connectivity index is 1.91. The third-order valence-corrected chi connectivity index (χ3v) is 4.00. The molecule has 26 heavy (non-hydrogen) atoms. The Morgan fingerprint density at radius 3 is 2.69 bits per heavy atom. The minimum Gasteiger partial charge on any atom is -0.481 e. The Bertz CT molecular complexity index is 828. The van der Waals surface area contributed by atoms with Gasteiger partial charge < -0.3 is 15.3 Å². The maximum atomic E-state index is 13.2. The largest absolute Gasteiger partial charge is 0.481 e. The van der Waals surface area contributed by atoms with Crippen LogP contribution in [0.2, 0.25) is 0 Å². The fraction of sp³-hybridized carbons (Fsp3) is 0.375. The topological polar surface area (TPSA) is 91.2 Å². The van der Waals surface area contributed by atoms with E-state index in [0.29, 0.717) is 17.8 Å². The maximum Gasteiger partial charge on any atom is 0.433 e. The van der Waals surface area contributed by atoms with Crippen molar-refractivity contribution in [3.8, 4) is 0 Å². The molecule has 2 aromatic heterocycles. The van der Waals surface area contributed by atoms with Crippen LogP contribution < -0.4 is 10.2 Å². The van der Waals surface area contributed by atoms with Gasteiger partial charge in [-0.05, 0) is 25.0 Å². The number of pyridine rings is 1. The number of nitrogens with zero attached hydrogens (tertiary/aromatic N) is 4. The second kappa shape index (κ2) is 6.77. The highest BCUT2D eigenvalue weighted by Gasteiger charge is 2.35. The van der Waals surface area contributed by atoms with Crippen LogP contribution in [0.15, 0.2) is 24.5 Å². The third-order valence-electron chi connectivity index (χ3n) is 4.00. The number of alkyl halides is 3. The van der Waals surface area contributed by atoms with E-state index in [-0.39, 0.29) is 24.2 Å². The molecule has 1 saturated heterocycles. The van der Waals surface area contributed by atoms with Crippen LogP contribution in [0.3, 0.4) is 0 Å². The smallest absolute Gasteiger partial charge is 0.433 e. The molecule has 2 aromatic rings. The van der Waals surface area contributed by atoms with Gasteiger partial charge in [-0.25, -0.2) is 4.98 Å². The number of anilines is 3. The molecule has 0 unspecified atom stereocenters.